The molecule has 0 aliphatic rings. The van der Waals surface area contributed by atoms with Gasteiger partial charge < -0.3 is 10.3 Å². The maximum absolute atomic E-state index is 6.00. The summed E-state index contributed by atoms with van der Waals surface area (Å²) in [6, 6.07) is 12.3. The van der Waals surface area contributed by atoms with Gasteiger partial charge in [-0.05, 0) is 37.1 Å². The van der Waals surface area contributed by atoms with Crippen LogP contribution in [0.3, 0.4) is 0 Å². The van der Waals surface area contributed by atoms with Crippen molar-refractivity contribution in [2.75, 3.05) is 5.73 Å². The van der Waals surface area contributed by atoms with Gasteiger partial charge in [-0.15, -0.1) is 0 Å². The van der Waals surface area contributed by atoms with Crippen molar-refractivity contribution in [1.29, 1.82) is 0 Å². The number of anilines is 1. The van der Waals surface area contributed by atoms with E-state index in [4.69, 9.17) is 10.7 Å². The number of aryl methyl sites for hydroxylation is 3. The Labute approximate surface area is 112 Å². The molecule has 0 spiro atoms. The van der Waals surface area contributed by atoms with Crippen LogP contribution in [0.5, 0.6) is 0 Å². The highest BCUT2D eigenvalue weighted by Crippen LogP contribution is 2.27. The molecular formula is C16H17N3. The summed E-state index contributed by atoms with van der Waals surface area (Å²) in [6.07, 6.45) is 0. The molecule has 3 nitrogen and oxygen atoms in total. The van der Waals surface area contributed by atoms with E-state index in [1.54, 1.807) is 0 Å². The summed E-state index contributed by atoms with van der Waals surface area (Å²) in [5, 5.41) is 0. The average Bonchev–Trinajstić information content (AvgIpc) is 2.72. The second-order valence-corrected chi connectivity index (χ2v) is 5.01. The molecular weight excluding hydrogens is 234 g/mol. The largest absolute Gasteiger partial charge is 0.398 e. The second-order valence-electron chi connectivity index (χ2n) is 5.01. The quantitative estimate of drug-likeness (QED) is 0.673. The molecule has 19 heavy (non-hydrogen) atoms. The minimum atomic E-state index is 0.807. The lowest BCUT2D eigenvalue weighted by Crippen LogP contribution is -1.96. The molecule has 1 aromatic heterocycles. The lowest BCUT2D eigenvalue weighted by molar-refractivity contribution is 0.955. The van der Waals surface area contributed by atoms with E-state index < -0.39 is 0 Å². The molecule has 0 saturated carbocycles. The van der Waals surface area contributed by atoms with Crippen molar-refractivity contribution in [1.82, 2.24) is 9.55 Å². The molecule has 0 bridgehead atoms. The minimum absolute atomic E-state index is 0.807. The van der Waals surface area contributed by atoms with Crippen molar-refractivity contribution in [3.63, 3.8) is 0 Å². The zero-order valence-corrected chi connectivity index (χ0v) is 11.4. The van der Waals surface area contributed by atoms with Crippen molar-refractivity contribution in [2.24, 2.45) is 7.05 Å². The van der Waals surface area contributed by atoms with E-state index in [0.29, 0.717) is 0 Å². The van der Waals surface area contributed by atoms with Gasteiger partial charge in [-0.3, -0.25) is 0 Å². The Hall–Kier alpha value is -2.29. The molecule has 0 amide bonds. The molecule has 0 radical (unpaired) electrons. The maximum atomic E-state index is 6.00. The van der Waals surface area contributed by atoms with Gasteiger partial charge in [-0.2, -0.15) is 0 Å². The summed E-state index contributed by atoms with van der Waals surface area (Å²) < 4.78 is 2.13. The standard InChI is InChI=1S/C16H17N3/c1-10-7-8-12(9-13(10)17)16-18-14-6-4-5-11(2)15(14)19(16)3/h4-9H,17H2,1-3H3. The van der Waals surface area contributed by atoms with E-state index in [1.807, 2.05) is 38.2 Å². The molecule has 0 unspecified atom stereocenters. The van der Waals surface area contributed by atoms with E-state index in [1.165, 1.54) is 11.1 Å². The first-order valence-electron chi connectivity index (χ1n) is 6.36. The zero-order chi connectivity index (χ0) is 13.6. The molecule has 0 aliphatic heterocycles. The van der Waals surface area contributed by atoms with E-state index in [9.17, 15) is 0 Å². The highest BCUT2D eigenvalue weighted by Gasteiger charge is 2.11. The van der Waals surface area contributed by atoms with Crippen LogP contribution >= 0.6 is 0 Å². The highest BCUT2D eigenvalue weighted by molar-refractivity contribution is 5.83. The number of nitrogens with zero attached hydrogens (tertiary/aromatic N) is 2. The van der Waals surface area contributed by atoms with Gasteiger partial charge in [0.1, 0.15) is 5.82 Å². The van der Waals surface area contributed by atoms with Crippen LogP contribution in [0.4, 0.5) is 5.69 Å². The first kappa shape index (κ1) is 11.8. The number of hydrogen-bond donors (Lipinski definition) is 1. The van der Waals surface area contributed by atoms with Gasteiger partial charge >= 0.3 is 0 Å². The summed E-state index contributed by atoms with van der Waals surface area (Å²) in [5.41, 5.74) is 12.4. The number of hydrogen-bond acceptors (Lipinski definition) is 2. The summed E-state index contributed by atoms with van der Waals surface area (Å²) in [4.78, 5) is 4.72. The molecule has 3 heteroatoms. The predicted octanol–water partition coefficient (Wildman–Crippen LogP) is 3.44. The van der Waals surface area contributed by atoms with Crippen LogP contribution in [0.1, 0.15) is 11.1 Å². The van der Waals surface area contributed by atoms with E-state index in [0.717, 1.165) is 28.2 Å². The lowest BCUT2D eigenvalue weighted by atomic mass is 10.1. The van der Waals surface area contributed by atoms with Crippen molar-refractivity contribution < 1.29 is 0 Å². The number of imidazole rings is 1. The third-order valence-electron chi connectivity index (χ3n) is 3.63. The minimum Gasteiger partial charge on any atom is -0.398 e. The summed E-state index contributed by atoms with van der Waals surface area (Å²) in [7, 11) is 2.05. The number of para-hydroxylation sites is 1. The van der Waals surface area contributed by atoms with E-state index in [-0.39, 0.29) is 0 Å². The third-order valence-corrected chi connectivity index (χ3v) is 3.63. The fraction of sp³-hybridized carbons (Fsp3) is 0.188. The molecule has 0 aliphatic carbocycles. The molecule has 0 atom stereocenters. The number of nitrogens with two attached hydrogens (primary N) is 1. The Morgan fingerprint density at radius 3 is 2.53 bits per heavy atom. The predicted molar refractivity (Wildman–Crippen MR) is 80.0 cm³/mol. The smallest absolute Gasteiger partial charge is 0.140 e. The monoisotopic (exact) mass is 251 g/mol. The molecule has 1 heterocycles. The molecule has 3 aromatic rings. The topological polar surface area (TPSA) is 43.8 Å². The van der Waals surface area contributed by atoms with Crippen LogP contribution in [0.15, 0.2) is 36.4 Å². The maximum Gasteiger partial charge on any atom is 0.140 e. The Bertz CT molecular complexity index is 769. The Morgan fingerprint density at radius 2 is 1.84 bits per heavy atom. The highest BCUT2D eigenvalue weighted by atomic mass is 15.1. The molecule has 2 aromatic carbocycles. The van der Waals surface area contributed by atoms with Gasteiger partial charge in [0, 0.05) is 18.3 Å². The summed E-state index contributed by atoms with van der Waals surface area (Å²) >= 11 is 0. The third kappa shape index (κ3) is 1.78. The SMILES string of the molecule is Cc1ccc(-c2nc3cccc(C)c3n2C)cc1N. The van der Waals surface area contributed by atoms with Gasteiger partial charge in [-0.25, -0.2) is 4.98 Å². The zero-order valence-electron chi connectivity index (χ0n) is 11.4. The molecule has 96 valence electrons. The fourth-order valence-corrected chi connectivity index (χ4v) is 2.50. The normalized spacial score (nSPS) is 11.1. The van der Waals surface area contributed by atoms with Crippen LogP contribution in [-0.4, -0.2) is 9.55 Å². The van der Waals surface area contributed by atoms with E-state index >= 15 is 0 Å². The Balaban J connectivity index is 2.28. The van der Waals surface area contributed by atoms with Crippen molar-refractivity contribution in [3.05, 3.63) is 47.5 Å². The first-order chi connectivity index (χ1) is 9.08. The van der Waals surface area contributed by atoms with Crippen molar-refractivity contribution in [2.45, 2.75) is 13.8 Å². The number of rotatable bonds is 1. The van der Waals surface area contributed by atoms with Crippen molar-refractivity contribution in [3.8, 4) is 11.4 Å². The summed E-state index contributed by atoms with van der Waals surface area (Å²) in [5.74, 6) is 0.955. The van der Waals surface area contributed by atoms with Gasteiger partial charge in [0.25, 0.3) is 0 Å². The van der Waals surface area contributed by atoms with Gasteiger partial charge in [0.05, 0.1) is 11.0 Å². The number of nitrogen functional groups attached to an aromatic ring is 1. The average molecular weight is 251 g/mol. The Kier molecular flexibility index (Phi) is 2.56. The molecule has 2 N–H and O–H groups in total. The first-order valence-corrected chi connectivity index (χ1v) is 6.36. The van der Waals surface area contributed by atoms with Crippen molar-refractivity contribution >= 4 is 16.7 Å². The number of aromatic nitrogens is 2. The van der Waals surface area contributed by atoms with Crippen LogP contribution in [0.2, 0.25) is 0 Å². The number of fused-ring (bicyclic) bond motifs is 1. The van der Waals surface area contributed by atoms with Gasteiger partial charge in [0.2, 0.25) is 0 Å². The molecule has 0 saturated heterocycles. The van der Waals surface area contributed by atoms with Gasteiger partial charge in [-0.1, -0.05) is 24.3 Å². The van der Waals surface area contributed by atoms with Crippen LogP contribution in [0.25, 0.3) is 22.4 Å². The van der Waals surface area contributed by atoms with Crippen LogP contribution < -0.4 is 5.73 Å². The van der Waals surface area contributed by atoms with Gasteiger partial charge in [0.15, 0.2) is 0 Å². The fourth-order valence-electron chi connectivity index (χ4n) is 2.50. The number of benzene rings is 2. The van der Waals surface area contributed by atoms with Crippen LogP contribution in [-0.2, 0) is 7.05 Å². The lowest BCUT2D eigenvalue weighted by Gasteiger charge is -2.06. The van der Waals surface area contributed by atoms with Crippen LogP contribution in [0, 0.1) is 13.8 Å². The molecule has 0 fully saturated rings. The molecule has 3 rings (SSSR count). The summed E-state index contributed by atoms with van der Waals surface area (Å²) in [6.45, 7) is 4.12. The second kappa shape index (κ2) is 4.12. The van der Waals surface area contributed by atoms with E-state index in [2.05, 4.69) is 23.6 Å². The Morgan fingerprint density at radius 1 is 1.05 bits per heavy atom.